The summed E-state index contributed by atoms with van der Waals surface area (Å²) in [5.74, 6) is 0.515. The van der Waals surface area contributed by atoms with Crippen LogP contribution in [-0.2, 0) is 37.0 Å². The molecule has 2 aliphatic carbocycles. The van der Waals surface area contributed by atoms with Gasteiger partial charge in [-0.25, -0.2) is 0 Å². The van der Waals surface area contributed by atoms with Crippen molar-refractivity contribution in [2.24, 2.45) is 5.92 Å². The number of benzene rings is 4. The standard InChI is InChI=1S/C43H49Si.2ClH.Zr/c1-27(2)37-26-39-34(30-19-23-32(24-20-30)43(7,8)9)14-12-16-36(39)41(37)44(10)40-28(3)25-38-33(13-11-15-35(38)40)29-17-21-31(22-18-29)42(4,5)6;;;/h11-27,40-41H,1-10H3;2*1H;/q;;;+2/p-2. The van der Waals surface area contributed by atoms with Crippen LogP contribution in [-0.4, -0.2) is 8.80 Å². The molecule has 47 heavy (non-hydrogen) atoms. The van der Waals surface area contributed by atoms with Crippen molar-refractivity contribution in [1.82, 2.24) is 0 Å². The van der Waals surface area contributed by atoms with Gasteiger partial charge in [-0.05, 0) is 90.4 Å². The van der Waals surface area contributed by atoms with Gasteiger partial charge in [0.2, 0.25) is 0 Å². The molecule has 0 aromatic heterocycles. The van der Waals surface area contributed by atoms with Gasteiger partial charge in [0.05, 0.1) is 8.80 Å². The molecule has 0 fully saturated rings. The molecule has 1 radical (unpaired) electrons. The maximum Gasteiger partial charge on any atom is 2.00 e. The minimum absolute atomic E-state index is 0. The van der Waals surface area contributed by atoms with E-state index in [9.17, 15) is 0 Å². The summed E-state index contributed by atoms with van der Waals surface area (Å²) in [7, 11) is -0.894. The van der Waals surface area contributed by atoms with E-state index in [1.807, 2.05) is 0 Å². The predicted molar refractivity (Wildman–Crippen MR) is 195 cm³/mol. The Labute approximate surface area is 318 Å². The van der Waals surface area contributed by atoms with Gasteiger partial charge in [0.15, 0.2) is 0 Å². The Bertz CT molecular complexity index is 1770. The first-order valence-corrected chi connectivity index (χ1v) is 18.6. The van der Waals surface area contributed by atoms with Crippen LogP contribution in [0.4, 0.5) is 0 Å². The van der Waals surface area contributed by atoms with Gasteiger partial charge in [0.1, 0.15) is 0 Å². The fourth-order valence-corrected chi connectivity index (χ4v) is 11.1. The molecule has 6 rings (SSSR count). The van der Waals surface area contributed by atoms with Crippen molar-refractivity contribution < 1.29 is 51.0 Å². The Morgan fingerprint density at radius 3 is 1.38 bits per heavy atom. The fourth-order valence-electron chi connectivity index (χ4n) is 7.56. The van der Waals surface area contributed by atoms with E-state index in [0.29, 0.717) is 17.0 Å². The number of halogens is 2. The Morgan fingerprint density at radius 1 is 0.574 bits per heavy atom. The molecular weight excluding hydrogens is 707 g/mol. The monoisotopic (exact) mass is 753 g/mol. The van der Waals surface area contributed by atoms with Crippen molar-refractivity contribution in [2.45, 2.75) is 90.8 Å². The second kappa shape index (κ2) is 14.9. The van der Waals surface area contributed by atoms with E-state index in [4.69, 9.17) is 0 Å². The summed E-state index contributed by atoms with van der Waals surface area (Å²) in [4.78, 5) is 0. The number of fused-ring (bicyclic) bond motifs is 2. The van der Waals surface area contributed by atoms with Crippen molar-refractivity contribution in [2.75, 3.05) is 0 Å². The summed E-state index contributed by atoms with van der Waals surface area (Å²) in [5, 5.41) is 0. The zero-order valence-electron chi connectivity index (χ0n) is 29.7. The molecule has 0 amide bonds. The molecule has 0 bridgehead atoms. The van der Waals surface area contributed by atoms with Crippen LogP contribution in [0.15, 0.2) is 96.1 Å². The van der Waals surface area contributed by atoms with E-state index in [2.05, 4.69) is 166 Å². The van der Waals surface area contributed by atoms with Crippen molar-refractivity contribution in [3.05, 3.63) is 129 Å². The molecule has 0 N–H and O–H groups in total. The quantitative estimate of drug-likeness (QED) is 0.214. The average molecular weight is 756 g/mol. The number of hydrogen-bond donors (Lipinski definition) is 0. The first kappa shape index (κ1) is 39.5. The van der Waals surface area contributed by atoms with Gasteiger partial charge in [-0.15, -0.1) is 0 Å². The summed E-state index contributed by atoms with van der Waals surface area (Å²) >= 11 is 0. The first-order valence-electron chi connectivity index (χ1n) is 16.5. The van der Waals surface area contributed by atoms with Gasteiger partial charge in [0.25, 0.3) is 0 Å². The molecule has 2 aliphatic rings. The Kier molecular flexibility index (Phi) is 12.5. The molecule has 4 heteroatoms. The van der Waals surface area contributed by atoms with Crippen molar-refractivity contribution >= 4 is 20.9 Å². The van der Waals surface area contributed by atoms with Gasteiger partial charge in [-0.1, -0.05) is 170 Å². The maximum atomic E-state index is 2.60. The molecule has 2 unspecified atom stereocenters. The molecule has 0 nitrogen and oxygen atoms in total. The van der Waals surface area contributed by atoms with E-state index in [1.54, 1.807) is 5.57 Å². The summed E-state index contributed by atoms with van der Waals surface area (Å²) < 4.78 is 0. The fraction of sp³-hybridized carbons (Fsp3) is 0.349. The van der Waals surface area contributed by atoms with E-state index < -0.39 is 8.80 Å². The van der Waals surface area contributed by atoms with Gasteiger partial charge in [-0.2, -0.15) is 0 Å². The smallest absolute Gasteiger partial charge is 1.00 e. The van der Waals surface area contributed by atoms with Crippen LogP contribution in [0, 0.1) is 5.92 Å². The molecule has 0 aliphatic heterocycles. The van der Waals surface area contributed by atoms with Crippen molar-refractivity contribution in [3.8, 4) is 22.3 Å². The van der Waals surface area contributed by atoms with Gasteiger partial charge < -0.3 is 24.8 Å². The topological polar surface area (TPSA) is 0 Å². The average Bonchev–Trinajstić information content (AvgIpc) is 3.54. The largest absolute Gasteiger partial charge is 2.00 e. The predicted octanol–water partition coefficient (Wildman–Crippen LogP) is 6.16. The Hall–Kier alpha value is -1.96. The second-order valence-electron chi connectivity index (χ2n) is 15.6. The molecule has 243 valence electrons. The number of hydrogen-bond acceptors (Lipinski definition) is 0. The van der Waals surface area contributed by atoms with Gasteiger partial charge in [-0.3, -0.25) is 0 Å². The van der Waals surface area contributed by atoms with E-state index in [1.165, 1.54) is 61.2 Å². The third-order valence-electron chi connectivity index (χ3n) is 10.1. The van der Waals surface area contributed by atoms with Crippen molar-refractivity contribution in [3.63, 3.8) is 0 Å². The van der Waals surface area contributed by atoms with E-state index in [0.717, 1.165) is 0 Å². The summed E-state index contributed by atoms with van der Waals surface area (Å²) in [6.45, 7) is 23.5. The maximum absolute atomic E-state index is 2.60. The van der Waals surface area contributed by atoms with E-state index in [-0.39, 0.29) is 61.8 Å². The van der Waals surface area contributed by atoms with Crippen LogP contribution in [0.2, 0.25) is 6.55 Å². The van der Waals surface area contributed by atoms with Crippen LogP contribution >= 0.6 is 0 Å². The minimum atomic E-state index is -0.894. The molecule has 4 aromatic rings. The zero-order chi connectivity index (χ0) is 31.6. The van der Waals surface area contributed by atoms with Crippen LogP contribution in [0.3, 0.4) is 0 Å². The number of allylic oxidation sites excluding steroid dienone is 2. The van der Waals surface area contributed by atoms with E-state index >= 15 is 0 Å². The normalized spacial score (nSPS) is 16.9. The van der Waals surface area contributed by atoms with Crippen LogP contribution in [0.1, 0.15) is 107 Å². The second-order valence-corrected chi connectivity index (χ2v) is 18.2. The zero-order valence-corrected chi connectivity index (χ0v) is 34.7. The summed E-state index contributed by atoms with van der Waals surface area (Å²) in [6, 6.07) is 32.7. The van der Waals surface area contributed by atoms with Crippen LogP contribution in [0.25, 0.3) is 34.4 Å². The molecule has 0 saturated carbocycles. The summed E-state index contributed by atoms with van der Waals surface area (Å²) in [6.07, 6.45) is 5.07. The molecule has 0 heterocycles. The first-order chi connectivity index (χ1) is 20.8. The Morgan fingerprint density at radius 2 is 0.979 bits per heavy atom. The molecule has 0 spiro atoms. The third-order valence-corrected chi connectivity index (χ3v) is 13.3. The number of rotatable bonds is 5. The molecule has 4 aromatic carbocycles. The SMILES string of the molecule is CC1=Cc2c(-c3ccc(C(C)(C)C)cc3)cccc2C1[Si](C)C1C(C(C)C)=Cc2c(-c3ccc(C(C)(C)C)cc3)cccc21.[Cl-].[Cl-].[Zr+2]. The Balaban J connectivity index is 0.00000200. The minimum Gasteiger partial charge on any atom is -1.00 e. The van der Waals surface area contributed by atoms with Gasteiger partial charge in [0, 0.05) is 0 Å². The van der Waals surface area contributed by atoms with Crippen molar-refractivity contribution in [1.29, 1.82) is 0 Å². The molecular formula is C43H49Cl2SiZr. The third kappa shape index (κ3) is 7.48. The van der Waals surface area contributed by atoms with Gasteiger partial charge >= 0.3 is 26.2 Å². The molecule has 2 atom stereocenters. The summed E-state index contributed by atoms with van der Waals surface area (Å²) in [5.41, 5.74) is 18.6. The molecule has 0 saturated heterocycles. The van der Waals surface area contributed by atoms with Crippen LogP contribution < -0.4 is 24.8 Å². The van der Waals surface area contributed by atoms with Crippen LogP contribution in [0.5, 0.6) is 0 Å².